The molecular formula is C10H8BrClO2. The van der Waals surface area contributed by atoms with Crippen LogP contribution in [-0.4, -0.2) is 11.1 Å². The molecule has 74 valence electrons. The lowest BCUT2D eigenvalue weighted by Gasteiger charge is -2.07. The van der Waals surface area contributed by atoms with Crippen LogP contribution in [0.4, 0.5) is 0 Å². The van der Waals surface area contributed by atoms with Gasteiger partial charge in [-0.3, -0.25) is 4.79 Å². The number of hydrogen-bond acceptors (Lipinski definition) is 1. The summed E-state index contributed by atoms with van der Waals surface area (Å²) in [6, 6.07) is 3.66. The average Bonchev–Trinajstić information content (AvgIpc) is 2.47. The Morgan fingerprint density at radius 2 is 2.29 bits per heavy atom. The Hall–Kier alpha value is -0.540. The molecular weight excluding hydrogens is 267 g/mol. The third-order valence-corrected chi connectivity index (χ3v) is 3.35. The molecule has 0 spiro atoms. The van der Waals surface area contributed by atoms with E-state index in [1.807, 2.05) is 12.1 Å². The molecule has 14 heavy (non-hydrogen) atoms. The Bertz CT molecular complexity index is 403. The summed E-state index contributed by atoms with van der Waals surface area (Å²) in [7, 11) is 0. The quantitative estimate of drug-likeness (QED) is 0.854. The molecule has 1 aliphatic carbocycles. The number of hydrogen-bond donors (Lipinski definition) is 1. The lowest BCUT2D eigenvalue weighted by Crippen LogP contribution is -2.07. The van der Waals surface area contributed by atoms with E-state index in [0.29, 0.717) is 11.4 Å². The molecule has 1 aromatic rings. The number of carbonyl (C=O) groups is 1. The SMILES string of the molecule is O=C(O)C1CCc2c(Cl)cc(Br)cc21. The highest BCUT2D eigenvalue weighted by Crippen LogP contribution is 2.39. The van der Waals surface area contributed by atoms with Crippen LogP contribution in [0, 0.1) is 0 Å². The molecule has 1 atom stereocenters. The van der Waals surface area contributed by atoms with E-state index in [9.17, 15) is 4.79 Å². The summed E-state index contributed by atoms with van der Waals surface area (Å²) in [5, 5.41) is 9.65. The average molecular weight is 276 g/mol. The van der Waals surface area contributed by atoms with E-state index in [1.54, 1.807) is 0 Å². The van der Waals surface area contributed by atoms with Gasteiger partial charge in [0.2, 0.25) is 0 Å². The Morgan fingerprint density at radius 1 is 1.57 bits per heavy atom. The van der Waals surface area contributed by atoms with Gasteiger partial charge in [0.25, 0.3) is 0 Å². The normalized spacial score (nSPS) is 19.4. The zero-order valence-corrected chi connectivity index (χ0v) is 9.60. The number of aliphatic carboxylic acids is 1. The minimum atomic E-state index is -0.766. The molecule has 0 aromatic heterocycles. The molecule has 0 amide bonds. The van der Waals surface area contributed by atoms with Crippen molar-refractivity contribution in [1.82, 2.24) is 0 Å². The van der Waals surface area contributed by atoms with Crippen LogP contribution in [0.25, 0.3) is 0 Å². The Labute approximate surface area is 95.0 Å². The van der Waals surface area contributed by atoms with Crippen molar-refractivity contribution in [2.75, 3.05) is 0 Å². The molecule has 0 fully saturated rings. The van der Waals surface area contributed by atoms with Crippen LogP contribution in [0.15, 0.2) is 16.6 Å². The van der Waals surface area contributed by atoms with Gasteiger partial charge in [-0.15, -0.1) is 0 Å². The number of rotatable bonds is 1. The Kier molecular flexibility index (Phi) is 2.54. The largest absolute Gasteiger partial charge is 0.481 e. The molecule has 0 saturated carbocycles. The molecule has 1 aromatic carbocycles. The van der Waals surface area contributed by atoms with Gasteiger partial charge >= 0.3 is 5.97 Å². The maximum atomic E-state index is 10.9. The highest BCUT2D eigenvalue weighted by Gasteiger charge is 2.29. The number of carboxylic acids is 1. The molecule has 4 heteroatoms. The first-order chi connectivity index (χ1) is 6.59. The summed E-state index contributed by atoms with van der Waals surface area (Å²) in [5.74, 6) is -1.15. The summed E-state index contributed by atoms with van der Waals surface area (Å²) in [6.07, 6.45) is 1.42. The van der Waals surface area contributed by atoms with E-state index in [4.69, 9.17) is 16.7 Å². The van der Waals surface area contributed by atoms with Gasteiger partial charge in [-0.2, -0.15) is 0 Å². The second kappa shape index (κ2) is 3.55. The van der Waals surface area contributed by atoms with Crippen LogP contribution in [0.3, 0.4) is 0 Å². The van der Waals surface area contributed by atoms with Crippen molar-refractivity contribution in [2.24, 2.45) is 0 Å². The third kappa shape index (κ3) is 1.55. The molecule has 0 bridgehead atoms. The number of halogens is 2. The smallest absolute Gasteiger partial charge is 0.310 e. The molecule has 0 heterocycles. The molecule has 2 nitrogen and oxygen atoms in total. The summed E-state index contributed by atoms with van der Waals surface area (Å²) >= 11 is 9.34. The van der Waals surface area contributed by atoms with E-state index < -0.39 is 5.97 Å². The first kappa shape index (κ1) is 9.99. The predicted molar refractivity (Wildman–Crippen MR) is 57.8 cm³/mol. The van der Waals surface area contributed by atoms with Crippen LogP contribution < -0.4 is 0 Å². The van der Waals surface area contributed by atoms with Crippen LogP contribution in [0.1, 0.15) is 23.5 Å². The third-order valence-electron chi connectivity index (χ3n) is 2.55. The number of fused-ring (bicyclic) bond motifs is 1. The molecule has 1 aliphatic rings. The second-order valence-electron chi connectivity index (χ2n) is 3.38. The first-order valence-corrected chi connectivity index (χ1v) is 5.47. The summed E-state index contributed by atoms with van der Waals surface area (Å²) in [4.78, 5) is 10.9. The maximum Gasteiger partial charge on any atom is 0.310 e. The Morgan fingerprint density at radius 3 is 2.93 bits per heavy atom. The molecule has 1 unspecified atom stereocenters. The maximum absolute atomic E-state index is 10.9. The lowest BCUT2D eigenvalue weighted by molar-refractivity contribution is -0.138. The summed E-state index contributed by atoms with van der Waals surface area (Å²) in [5.41, 5.74) is 1.85. The van der Waals surface area contributed by atoms with Crippen molar-refractivity contribution < 1.29 is 9.90 Å². The lowest BCUT2D eigenvalue weighted by atomic mass is 10.0. The monoisotopic (exact) mass is 274 g/mol. The highest BCUT2D eigenvalue weighted by molar-refractivity contribution is 9.10. The van der Waals surface area contributed by atoms with E-state index >= 15 is 0 Å². The van der Waals surface area contributed by atoms with E-state index in [1.165, 1.54) is 0 Å². The molecule has 0 radical (unpaired) electrons. The number of carboxylic acid groups (broad SMARTS) is 1. The van der Waals surface area contributed by atoms with E-state index in [-0.39, 0.29) is 5.92 Å². The molecule has 0 aliphatic heterocycles. The summed E-state index contributed by atoms with van der Waals surface area (Å²) < 4.78 is 0.842. The van der Waals surface area contributed by atoms with Crippen molar-refractivity contribution in [3.63, 3.8) is 0 Å². The zero-order valence-electron chi connectivity index (χ0n) is 7.26. The van der Waals surface area contributed by atoms with Gasteiger partial charge in [0.05, 0.1) is 5.92 Å². The minimum Gasteiger partial charge on any atom is -0.481 e. The second-order valence-corrected chi connectivity index (χ2v) is 4.71. The molecule has 0 saturated heterocycles. The van der Waals surface area contributed by atoms with Crippen LogP contribution in [0.2, 0.25) is 5.02 Å². The first-order valence-electron chi connectivity index (χ1n) is 4.30. The van der Waals surface area contributed by atoms with Crippen molar-refractivity contribution in [2.45, 2.75) is 18.8 Å². The fraction of sp³-hybridized carbons (Fsp3) is 0.300. The Balaban J connectivity index is 2.54. The van der Waals surface area contributed by atoms with Crippen LogP contribution in [0.5, 0.6) is 0 Å². The highest BCUT2D eigenvalue weighted by atomic mass is 79.9. The van der Waals surface area contributed by atoms with Crippen molar-refractivity contribution in [3.8, 4) is 0 Å². The van der Waals surface area contributed by atoms with Gasteiger partial charge in [0.15, 0.2) is 0 Å². The van der Waals surface area contributed by atoms with Gasteiger partial charge < -0.3 is 5.11 Å². The molecule has 2 rings (SSSR count). The fourth-order valence-corrected chi connectivity index (χ4v) is 2.83. The fourth-order valence-electron chi connectivity index (χ4n) is 1.90. The van der Waals surface area contributed by atoms with Gasteiger partial charge in [-0.1, -0.05) is 27.5 Å². The topological polar surface area (TPSA) is 37.3 Å². The number of benzene rings is 1. The molecule has 1 N–H and O–H groups in total. The minimum absolute atomic E-state index is 0.389. The van der Waals surface area contributed by atoms with Gasteiger partial charge in [0.1, 0.15) is 0 Å². The van der Waals surface area contributed by atoms with Crippen molar-refractivity contribution in [3.05, 3.63) is 32.8 Å². The summed E-state index contributed by atoms with van der Waals surface area (Å²) in [6.45, 7) is 0. The predicted octanol–water partition coefficient (Wildman–Crippen LogP) is 3.22. The van der Waals surface area contributed by atoms with Crippen molar-refractivity contribution in [1.29, 1.82) is 0 Å². The zero-order chi connectivity index (χ0) is 10.3. The standard InChI is InChI=1S/C10H8BrClO2/c11-5-3-8-6(9(12)4-5)1-2-7(8)10(13)14/h3-4,7H,1-2H2,(H,13,14). The van der Waals surface area contributed by atoms with E-state index in [0.717, 1.165) is 22.0 Å². The van der Waals surface area contributed by atoms with Crippen molar-refractivity contribution >= 4 is 33.5 Å². The van der Waals surface area contributed by atoms with Gasteiger partial charge in [0, 0.05) is 9.50 Å². The van der Waals surface area contributed by atoms with Gasteiger partial charge in [-0.25, -0.2) is 0 Å². The van der Waals surface area contributed by atoms with Crippen LogP contribution in [-0.2, 0) is 11.2 Å². The van der Waals surface area contributed by atoms with Crippen LogP contribution >= 0.6 is 27.5 Å². The van der Waals surface area contributed by atoms with Gasteiger partial charge in [-0.05, 0) is 36.1 Å². The van der Waals surface area contributed by atoms with E-state index in [2.05, 4.69) is 15.9 Å².